The Morgan fingerprint density at radius 2 is 0.700 bits per heavy atom. The van der Waals surface area contributed by atoms with E-state index in [9.17, 15) is 0 Å². The van der Waals surface area contributed by atoms with Crippen LogP contribution in [0.5, 0.6) is 11.5 Å². The summed E-state index contributed by atoms with van der Waals surface area (Å²) in [5.41, 5.74) is 6.11. The quantitative estimate of drug-likeness (QED) is 0.0347. The summed E-state index contributed by atoms with van der Waals surface area (Å²) in [5.74, 6) is 1.88. The Hall–Kier alpha value is -5.70. The van der Waals surface area contributed by atoms with Crippen LogP contribution in [0.4, 0.5) is 22.7 Å². The van der Waals surface area contributed by atoms with Gasteiger partial charge in [-0.25, -0.2) is 0 Å². The maximum Gasteiger partial charge on any atom is 0.127 e. The van der Waals surface area contributed by atoms with Crippen LogP contribution in [0.15, 0.2) is 166 Å². The summed E-state index contributed by atoms with van der Waals surface area (Å²) in [5, 5.41) is 19.7. The maximum absolute atomic E-state index is 6.33. The molecule has 0 aliphatic carbocycles. The Labute approximate surface area is 358 Å². The summed E-state index contributed by atoms with van der Waals surface area (Å²) in [6.07, 6.45) is 9.21. The van der Waals surface area contributed by atoms with Crippen LogP contribution in [0.25, 0.3) is 10.8 Å². The van der Waals surface area contributed by atoms with Crippen molar-refractivity contribution < 1.29 is 18.4 Å². The lowest BCUT2D eigenvalue weighted by molar-refractivity contribution is -0.903. The van der Waals surface area contributed by atoms with Gasteiger partial charge in [0, 0.05) is 21.9 Å². The number of azo groups is 2. The van der Waals surface area contributed by atoms with E-state index in [1.807, 2.05) is 60.7 Å². The highest BCUT2D eigenvalue weighted by Gasteiger charge is 2.17. The first-order valence-electron chi connectivity index (χ1n) is 21.7. The van der Waals surface area contributed by atoms with Gasteiger partial charge in [0.15, 0.2) is 0 Å². The van der Waals surface area contributed by atoms with Gasteiger partial charge in [0.1, 0.15) is 24.6 Å². The van der Waals surface area contributed by atoms with Crippen molar-refractivity contribution in [3.8, 4) is 11.5 Å². The van der Waals surface area contributed by atoms with Gasteiger partial charge in [-0.15, -0.1) is 0 Å². The van der Waals surface area contributed by atoms with Crippen LogP contribution < -0.4 is 9.47 Å². The molecule has 0 aromatic heterocycles. The normalized spacial score (nSPS) is 12.1. The van der Waals surface area contributed by atoms with Crippen molar-refractivity contribution in [3.63, 3.8) is 0 Å². The molecule has 6 rings (SSSR count). The van der Waals surface area contributed by atoms with Crippen molar-refractivity contribution in [3.05, 3.63) is 157 Å². The zero-order chi connectivity index (χ0) is 41.9. The minimum absolute atomic E-state index is 0.722. The third kappa shape index (κ3) is 14.8. The minimum atomic E-state index is 0.722. The van der Waals surface area contributed by atoms with E-state index >= 15 is 0 Å². The maximum atomic E-state index is 6.33. The number of hydrogen-bond acceptors (Lipinski definition) is 6. The van der Waals surface area contributed by atoms with Crippen molar-refractivity contribution in [2.24, 2.45) is 20.5 Å². The van der Waals surface area contributed by atoms with E-state index in [-0.39, 0.29) is 0 Å². The number of nitrogens with zero attached hydrogens (tertiary/aromatic N) is 6. The largest absolute Gasteiger partial charge is 0.493 e. The third-order valence-corrected chi connectivity index (χ3v) is 10.8. The Balaban J connectivity index is 0.834. The molecule has 0 saturated carbocycles. The number of fused-ring (bicyclic) bond motifs is 1. The van der Waals surface area contributed by atoms with Crippen LogP contribution in [-0.4, -0.2) is 63.5 Å². The molecule has 0 aliphatic heterocycles. The van der Waals surface area contributed by atoms with Gasteiger partial charge in [-0.05, 0) is 112 Å². The van der Waals surface area contributed by atoms with Crippen LogP contribution in [0.1, 0.15) is 62.5 Å². The summed E-state index contributed by atoms with van der Waals surface area (Å²) in [4.78, 5) is 0. The number of rotatable bonds is 24. The summed E-state index contributed by atoms with van der Waals surface area (Å²) in [6.45, 7) is 5.71. The van der Waals surface area contributed by atoms with Gasteiger partial charge in [-0.1, -0.05) is 84.9 Å². The average Bonchev–Trinajstić information content (AvgIpc) is 3.26. The fourth-order valence-corrected chi connectivity index (χ4v) is 7.56. The molecule has 0 atom stereocenters. The lowest BCUT2D eigenvalue weighted by Crippen LogP contribution is -2.39. The number of unbranched alkanes of at least 4 members (excludes halogenated alkanes) is 6. The lowest BCUT2D eigenvalue weighted by atomic mass is 10.1. The molecule has 60 heavy (non-hydrogen) atoms. The van der Waals surface area contributed by atoms with Crippen LogP contribution >= 0.6 is 0 Å². The standard InChI is InChI=1S/C52H64N6O2/c1-57(2,41-43-29-33-47(34-30-43)55-53-45-21-11-9-12-22-45)37-15-5-7-17-39-59-51-27-19-26-50-49(51)25-20-28-52(50)60-40-18-8-6-16-38-58(3,4)42-44-31-35-48(36-32-44)56-54-46-23-13-10-14-24-46/h9-14,19-36H,5-8,15-18,37-42H2,1-4H3/q+2. The molecule has 0 aliphatic rings. The zero-order valence-corrected chi connectivity index (χ0v) is 36.3. The monoisotopic (exact) mass is 805 g/mol. The van der Waals surface area contributed by atoms with Gasteiger partial charge >= 0.3 is 0 Å². The van der Waals surface area contributed by atoms with Crippen LogP contribution in [0.2, 0.25) is 0 Å². The molecule has 0 N–H and O–H groups in total. The van der Waals surface area contributed by atoms with E-state index in [4.69, 9.17) is 9.47 Å². The fraction of sp³-hybridized carbons (Fsp3) is 0.346. The predicted molar refractivity (Wildman–Crippen MR) is 247 cm³/mol. The molecule has 6 aromatic carbocycles. The number of benzene rings is 6. The molecule has 6 aromatic rings. The molecule has 0 unspecified atom stereocenters. The second kappa shape index (κ2) is 22.6. The summed E-state index contributed by atoms with van der Waals surface area (Å²) < 4.78 is 14.6. The van der Waals surface area contributed by atoms with Gasteiger partial charge in [0.2, 0.25) is 0 Å². The first-order chi connectivity index (χ1) is 29.2. The van der Waals surface area contributed by atoms with E-state index in [0.717, 1.165) is 119 Å². The Morgan fingerprint density at radius 3 is 1.08 bits per heavy atom. The van der Waals surface area contributed by atoms with E-state index in [2.05, 4.69) is 134 Å². The number of quaternary nitrogens is 2. The molecule has 0 radical (unpaired) electrons. The van der Waals surface area contributed by atoms with Crippen LogP contribution in [0, 0.1) is 0 Å². The van der Waals surface area contributed by atoms with Crippen LogP contribution in [-0.2, 0) is 13.1 Å². The van der Waals surface area contributed by atoms with E-state index in [1.54, 1.807) is 0 Å². The number of hydrogen-bond donors (Lipinski definition) is 0. The highest BCUT2D eigenvalue weighted by Crippen LogP contribution is 2.33. The SMILES string of the molecule is C[N+](C)(CCCCCCOc1cccc2c(OCCCCCC[N+](C)(C)Cc3ccc(N=Nc4ccccc4)cc3)cccc12)Cc1ccc(N=Nc2ccccc2)cc1. The van der Waals surface area contributed by atoms with E-state index < -0.39 is 0 Å². The molecule has 0 heterocycles. The van der Waals surface area contributed by atoms with Crippen molar-refractivity contribution in [2.75, 3.05) is 54.5 Å². The molecule has 312 valence electrons. The highest BCUT2D eigenvalue weighted by molar-refractivity contribution is 5.93. The number of ether oxygens (including phenoxy) is 2. The summed E-state index contributed by atoms with van der Waals surface area (Å²) >= 11 is 0. The van der Waals surface area contributed by atoms with Gasteiger partial charge in [-0.3, -0.25) is 0 Å². The second-order valence-electron chi connectivity index (χ2n) is 17.2. The molecule has 0 bridgehead atoms. The van der Waals surface area contributed by atoms with Gasteiger partial charge in [-0.2, -0.15) is 20.5 Å². The van der Waals surface area contributed by atoms with Gasteiger partial charge in [0.25, 0.3) is 0 Å². The van der Waals surface area contributed by atoms with Crippen molar-refractivity contribution in [1.82, 2.24) is 0 Å². The third-order valence-electron chi connectivity index (χ3n) is 10.8. The molecular weight excluding hydrogens is 741 g/mol. The topological polar surface area (TPSA) is 67.9 Å². The fourth-order valence-electron chi connectivity index (χ4n) is 7.56. The Kier molecular flexibility index (Phi) is 16.5. The molecular formula is C52H64N6O2+2. The van der Waals surface area contributed by atoms with E-state index in [0.29, 0.717) is 0 Å². The van der Waals surface area contributed by atoms with Crippen LogP contribution in [0.3, 0.4) is 0 Å². The molecule has 0 saturated heterocycles. The first-order valence-corrected chi connectivity index (χ1v) is 21.7. The van der Waals surface area contributed by atoms with Gasteiger partial charge < -0.3 is 18.4 Å². The summed E-state index contributed by atoms with van der Waals surface area (Å²) in [7, 11) is 9.27. The molecule has 8 heteroatoms. The highest BCUT2D eigenvalue weighted by atomic mass is 16.5. The smallest absolute Gasteiger partial charge is 0.127 e. The predicted octanol–water partition coefficient (Wildman–Crippen LogP) is 14.1. The minimum Gasteiger partial charge on any atom is -0.493 e. The van der Waals surface area contributed by atoms with Crippen molar-refractivity contribution in [1.29, 1.82) is 0 Å². The molecule has 8 nitrogen and oxygen atoms in total. The first kappa shape index (κ1) is 43.9. The average molecular weight is 805 g/mol. The zero-order valence-electron chi connectivity index (χ0n) is 36.3. The van der Waals surface area contributed by atoms with Gasteiger partial charge in [0.05, 0.1) is 77.2 Å². The molecule has 0 fully saturated rings. The molecule has 0 amide bonds. The Morgan fingerprint density at radius 1 is 0.350 bits per heavy atom. The lowest BCUT2D eigenvalue weighted by Gasteiger charge is -2.30. The van der Waals surface area contributed by atoms with Crippen molar-refractivity contribution in [2.45, 2.75) is 64.5 Å². The Bertz CT molecular complexity index is 2060. The second-order valence-corrected chi connectivity index (χ2v) is 17.2. The molecule has 0 spiro atoms. The van der Waals surface area contributed by atoms with Crippen molar-refractivity contribution >= 4 is 33.5 Å². The summed E-state index contributed by atoms with van der Waals surface area (Å²) in [6, 6.07) is 49.2. The van der Waals surface area contributed by atoms with E-state index in [1.165, 1.54) is 36.8 Å².